The van der Waals surface area contributed by atoms with Crippen molar-refractivity contribution in [2.75, 3.05) is 6.54 Å². The van der Waals surface area contributed by atoms with Crippen LogP contribution in [0.3, 0.4) is 0 Å². The number of nitrogens with two attached hydrogens (primary N) is 1. The molecule has 2 aromatic carbocycles. The Hall–Kier alpha value is -2.29. The predicted molar refractivity (Wildman–Crippen MR) is 86.4 cm³/mol. The van der Waals surface area contributed by atoms with Crippen molar-refractivity contribution in [3.8, 4) is 0 Å². The fourth-order valence-electron chi connectivity index (χ4n) is 2.09. The molecule has 0 aliphatic heterocycles. The van der Waals surface area contributed by atoms with Gasteiger partial charge in [-0.25, -0.2) is 13.1 Å². The van der Waals surface area contributed by atoms with Crippen LogP contribution in [-0.2, 0) is 10.0 Å². The van der Waals surface area contributed by atoms with Gasteiger partial charge in [-0.1, -0.05) is 36.4 Å². The van der Waals surface area contributed by atoms with E-state index in [2.05, 4.69) is 4.72 Å². The summed E-state index contributed by atoms with van der Waals surface area (Å²) in [6.07, 6.45) is 0. The van der Waals surface area contributed by atoms with E-state index in [-0.39, 0.29) is 11.4 Å². The van der Waals surface area contributed by atoms with Gasteiger partial charge in [0.15, 0.2) is 4.90 Å². The lowest BCUT2D eigenvalue weighted by molar-refractivity contribution is -0.387. The number of sulfonamides is 1. The fourth-order valence-corrected chi connectivity index (χ4v) is 3.30. The average molecular weight is 335 g/mol. The zero-order valence-corrected chi connectivity index (χ0v) is 13.3. The monoisotopic (exact) mass is 335 g/mol. The topological polar surface area (TPSA) is 115 Å². The highest BCUT2D eigenvalue weighted by Gasteiger charge is 2.26. The number of nitrogens with one attached hydrogen (secondary N) is 1. The predicted octanol–water partition coefficient (Wildman–Crippen LogP) is 1.88. The summed E-state index contributed by atoms with van der Waals surface area (Å²) in [5.41, 5.74) is 6.87. The number of hydrogen-bond donors (Lipinski definition) is 2. The van der Waals surface area contributed by atoms with Crippen LogP contribution in [0.25, 0.3) is 0 Å². The lowest BCUT2D eigenvalue weighted by Gasteiger charge is -2.13. The molecule has 0 saturated carbocycles. The highest BCUT2D eigenvalue weighted by molar-refractivity contribution is 7.89. The van der Waals surface area contributed by atoms with Crippen molar-refractivity contribution in [2.45, 2.75) is 17.9 Å². The van der Waals surface area contributed by atoms with Gasteiger partial charge in [0.05, 0.1) is 4.92 Å². The normalized spacial score (nSPS) is 12.8. The third kappa shape index (κ3) is 4.13. The standard InChI is InChI=1S/C15H17N3O4S/c1-11-7-8-15(14(9-11)18(19)20)23(21,22)17-10-13(16)12-5-3-2-4-6-12/h2-9,13,17H,10,16H2,1H3. The van der Waals surface area contributed by atoms with Gasteiger partial charge in [0, 0.05) is 18.7 Å². The molecule has 3 N–H and O–H groups in total. The molecule has 0 radical (unpaired) electrons. The summed E-state index contributed by atoms with van der Waals surface area (Å²) >= 11 is 0. The van der Waals surface area contributed by atoms with E-state index < -0.39 is 26.7 Å². The molecule has 8 heteroatoms. The summed E-state index contributed by atoms with van der Waals surface area (Å²) in [6, 6.07) is 12.4. The molecule has 0 amide bonds. The zero-order valence-electron chi connectivity index (χ0n) is 12.5. The molecule has 1 atom stereocenters. The molecule has 1 unspecified atom stereocenters. The summed E-state index contributed by atoms with van der Waals surface area (Å²) in [5, 5.41) is 11.1. The molecule has 7 nitrogen and oxygen atoms in total. The highest BCUT2D eigenvalue weighted by atomic mass is 32.2. The van der Waals surface area contributed by atoms with Gasteiger partial charge in [0.2, 0.25) is 10.0 Å². The second-order valence-electron chi connectivity index (χ2n) is 5.10. The third-order valence-electron chi connectivity index (χ3n) is 3.32. The fraction of sp³-hybridized carbons (Fsp3) is 0.200. The zero-order chi connectivity index (χ0) is 17.0. The lowest BCUT2D eigenvalue weighted by Crippen LogP contribution is -2.32. The molecule has 122 valence electrons. The number of nitro benzene ring substituents is 1. The maximum Gasteiger partial charge on any atom is 0.289 e. The Labute approximate surface area is 134 Å². The molecular weight excluding hydrogens is 318 g/mol. The number of rotatable bonds is 6. The van der Waals surface area contributed by atoms with Crippen LogP contribution >= 0.6 is 0 Å². The molecule has 2 aromatic rings. The summed E-state index contributed by atoms with van der Waals surface area (Å²) in [7, 11) is -4.03. The van der Waals surface area contributed by atoms with E-state index in [9.17, 15) is 18.5 Å². The van der Waals surface area contributed by atoms with E-state index >= 15 is 0 Å². The van der Waals surface area contributed by atoms with E-state index in [4.69, 9.17) is 5.73 Å². The van der Waals surface area contributed by atoms with Gasteiger partial charge in [-0.3, -0.25) is 10.1 Å². The van der Waals surface area contributed by atoms with Gasteiger partial charge >= 0.3 is 0 Å². The molecule has 0 fully saturated rings. The Morgan fingerprint density at radius 3 is 2.48 bits per heavy atom. The first-order valence-electron chi connectivity index (χ1n) is 6.86. The second-order valence-corrected chi connectivity index (χ2v) is 6.83. The summed E-state index contributed by atoms with van der Waals surface area (Å²) in [5.74, 6) is 0. The number of hydrogen-bond acceptors (Lipinski definition) is 5. The summed E-state index contributed by atoms with van der Waals surface area (Å²) < 4.78 is 27.0. The van der Waals surface area contributed by atoms with Crippen LogP contribution in [0.5, 0.6) is 0 Å². The highest BCUT2D eigenvalue weighted by Crippen LogP contribution is 2.24. The average Bonchev–Trinajstić information content (AvgIpc) is 2.53. The van der Waals surface area contributed by atoms with Crippen molar-refractivity contribution < 1.29 is 13.3 Å². The molecular formula is C15H17N3O4S. The summed E-state index contributed by atoms with van der Waals surface area (Å²) in [4.78, 5) is 9.99. The maximum absolute atomic E-state index is 12.3. The molecule has 23 heavy (non-hydrogen) atoms. The van der Waals surface area contributed by atoms with Crippen molar-refractivity contribution in [3.63, 3.8) is 0 Å². The Kier molecular flexibility index (Phi) is 5.09. The van der Waals surface area contributed by atoms with E-state index in [0.717, 1.165) is 5.56 Å². The Morgan fingerprint density at radius 2 is 1.87 bits per heavy atom. The van der Waals surface area contributed by atoms with Crippen molar-refractivity contribution >= 4 is 15.7 Å². The Morgan fingerprint density at radius 1 is 1.22 bits per heavy atom. The van der Waals surface area contributed by atoms with Crippen LogP contribution < -0.4 is 10.5 Å². The van der Waals surface area contributed by atoms with E-state index in [1.54, 1.807) is 31.2 Å². The molecule has 0 aliphatic rings. The first-order chi connectivity index (χ1) is 10.8. The number of nitro groups is 1. The molecule has 0 aromatic heterocycles. The SMILES string of the molecule is Cc1ccc(S(=O)(=O)NCC(N)c2ccccc2)c([N+](=O)[O-])c1. The van der Waals surface area contributed by atoms with Crippen molar-refractivity contribution in [1.82, 2.24) is 4.72 Å². The largest absolute Gasteiger partial charge is 0.323 e. The van der Waals surface area contributed by atoms with Gasteiger partial charge in [-0.05, 0) is 24.1 Å². The summed E-state index contributed by atoms with van der Waals surface area (Å²) in [6.45, 7) is 1.60. The van der Waals surface area contributed by atoms with Crippen molar-refractivity contribution in [1.29, 1.82) is 0 Å². The minimum absolute atomic E-state index is 0.0582. The minimum atomic E-state index is -4.03. The molecule has 2 rings (SSSR count). The molecule has 0 aliphatic carbocycles. The first kappa shape index (κ1) is 17.1. The third-order valence-corrected chi connectivity index (χ3v) is 4.79. The van der Waals surface area contributed by atoms with Gasteiger partial charge in [0.1, 0.15) is 0 Å². The molecule has 0 spiro atoms. The van der Waals surface area contributed by atoms with Crippen LogP contribution in [-0.4, -0.2) is 19.9 Å². The lowest BCUT2D eigenvalue weighted by atomic mass is 10.1. The van der Waals surface area contributed by atoms with Gasteiger partial charge in [-0.15, -0.1) is 0 Å². The molecule has 0 saturated heterocycles. The Balaban J connectivity index is 2.21. The molecule has 0 heterocycles. The van der Waals surface area contributed by atoms with Gasteiger partial charge < -0.3 is 5.73 Å². The number of benzene rings is 2. The van der Waals surface area contributed by atoms with Crippen molar-refractivity contribution in [2.24, 2.45) is 5.73 Å². The van der Waals surface area contributed by atoms with E-state index in [0.29, 0.717) is 5.56 Å². The van der Waals surface area contributed by atoms with E-state index in [1.807, 2.05) is 6.07 Å². The van der Waals surface area contributed by atoms with Crippen LogP contribution in [0.1, 0.15) is 17.2 Å². The quantitative estimate of drug-likeness (QED) is 0.618. The number of aryl methyl sites for hydroxylation is 1. The Bertz CT molecular complexity index is 807. The van der Waals surface area contributed by atoms with Crippen LogP contribution in [0.2, 0.25) is 0 Å². The maximum atomic E-state index is 12.3. The second kappa shape index (κ2) is 6.86. The minimum Gasteiger partial charge on any atom is -0.323 e. The van der Waals surface area contributed by atoms with Gasteiger partial charge in [0.25, 0.3) is 5.69 Å². The number of nitrogens with zero attached hydrogens (tertiary/aromatic N) is 1. The first-order valence-corrected chi connectivity index (χ1v) is 8.35. The smallest absolute Gasteiger partial charge is 0.289 e. The van der Waals surface area contributed by atoms with Crippen LogP contribution in [0.15, 0.2) is 53.4 Å². The van der Waals surface area contributed by atoms with Gasteiger partial charge in [-0.2, -0.15) is 0 Å². The van der Waals surface area contributed by atoms with Crippen LogP contribution in [0.4, 0.5) is 5.69 Å². The molecule has 0 bridgehead atoms. The van der Waals surface area contributed by atoms with Crippen molar-refractivity contribution in [3.05, 3.63) is 69.8 Å². The van der Waals surface area contributed by atoms with E-state index in [1.165, 1.54) is 18.2 Å². The van der Waals surface area contributed by atoms with Crippen LogP contribution in [0, 0.1) is 17.0 Å².